The van der Waals surface area contributed by atoms with E-state index in [9.17, 15) is 13.2 Å². The number of unbranched alkanes of at least 4 members (excludes halogenated alkanes) is 4. The van der Waals surface area contributed by atoms with Gasteiger partial charge in [-0.1, -0.05) is 62.9 Å². The summed E-state index contributed by atoms with van der Waals surface area (Å²) in [7, 11) is 0. The van der Waals surface area contributed by atoms with Gasteiger partial charge in [-0.2, -0.15) is 0 Å². The molecule has 0 atom stereocenters. The smallest absolute Gasteiger partial charge is 0.169 e. The molecule has 2 rings (SSSR count). The molecule has 0 aliphatic heterocycles. The lowest BCUT2D eigenvalue weighted by Gasteiger charge is -2.06. The van der Waals surface area contributed by atoms with Gasteiger partial charge < -0.3 is 0 Å². The molecular weight excluding hydrogens is 321 g/mol. The standard InChI is InChI=1S/C22H25F3/c1-3-4-5-6-7-8-17-10-12-18(13-11-17)21(24)22(25)19-14-9-16(2)15-20(19)23/h9-15H,3-8H2,1-2H3/b22-21+. The number of hydrogen-bond acceptors (Lipinski definition) is 0. The van der Waals surface area contributed by atoms with Crippen LogP contribution in [-0.4, -0.2) is 0 Å². The van der Waals surface area contributed by atoms with Gasteiger partial charge in [-0.15, -0.1) is 0 Å². The Morgan fingerprint density at radius 2 is 1.52 bits per heavy atom. The first kappa shape index (κ1) is 19.3. The van der Waals surface area contributed by atoms with Gasteiger partial charge in [0, 0.05) is 11.1 Å². The third-order valence-electron chi connectivity index (χ3n) is 4.33. The van der Waals surface area contributed by atoms with Gasteiger partial charge in [0.2, 0.25) is 0 Å². The molecule has 0 saturated carbocycles. The Labute approximate surface area is 148 Å². The second-order valence-electron chi connectivity index (χ2n) is 6.47. The molecule has 0 amide bonds. The van der Waals surface area contributed by atoms with E-state index in [0.29, 0.717) is 5.56 Å². The molecule has 134 valence electrons. The third-order valence-corrected chi connectivity index (χ3v) is 4.33. The molecule has 0 N–H and O–H groups in total. The minimum Gasteiger partial charge on any atom is -0.206 e. The lowest BCUT2D eigenvalue weighted by Crippen LogP contribution is -1.91. The number of halogens is 3. The van der Waals surface area contributed by atoms with Gasteiger partial charge >= 0.3 is 0 Å². The van der Waals surface area contributed by atoms with Crippen molar-refractivity contribution in [1.29, 1.82) is 0 Å². The van der Waals surface area contributed by atoms with Crippen LogP contribution in [0.25, 0.3) is 11.7 Å². The normalized spacial score (nSPS) is 12.2. The molecule has 0 aliphatic carbocycles. The van der Waals surface area contributed by atoms with Gasteiger partial charge in [-0.25, -0.2) is 13.2 Å². The summed E-state index contributed by atoms with van der Waals surface area (Å²) >= 11 is 0. The minimum atomic E-state index is -1.16. The zero-order valence-electron chi connectivity index (χ0n) is 14.9. The highest BCUT2D eigenvalue weighted by Gasteiger charge is 2.15. The summed E-state index contributed by atoms with van der Waals surface area (Å²) in [6.45, 7) is 3.88. The van der Waals surface area contributed by atoms with Crippen LogP contribution < -0.4 is 0 Å². The highest BCUT2D eigenvalue weighted by molar-refractivity contribution is 5.83. The Hall–Kier alpha value is -2.03. The second kappa shape index (κ2) is 9.45. The maximum atomic E-state index is 14.4. The Kier molecular flexibility index (Phi) is 7.30. The zero-order valence-corrected chi connectivity index (χ0v) is 14.9. The minimum absolute atomic E-state index is 0.132. The highest BCUT2D eigenvalue weighted by atomic mass is 19.2. The number of hydrogen-bond donors (Lipinski definition) is 0. The van der Waals surface area contributed by atoms with E-state index in [0.717, 1.165) is 18.4 Å². The van der Waals surface area contributed by atoms with Crippen molar-refractivity contribution in [3.63, 3.8) is 0 Å². The molecule has 2 aromatic carbocycles. The van der Waals surface area contributed by atoms with Crippen molar-refractivity contribution >= 4 is 11.7 Å². The van der Waals surface area contributed by atoms with E-state index in [1.807, 2.05) is 12.1 Å². The maximum absolute atomic E-state index is 14.4. The predicted molar refractivity (Wildman–Crippen MR) is 99.1 cm³/mol. The summed E-state index contributed by atoms with van der Waals surface area (Å²) in [5.74, 6) is -2.95. The fourth-order valence-corrected chi connectivity index (χ4v) is 2.79. The molecule has 0 nitrogen and oxygen atoms in total. The van der Waals surface area contributed by atoms with Crippen LogP contribution in [0.4, 0.5) is 13.2 Å². The Morgan fingerprint density at radius 3 is 2.16 bits per heavy atom. The summed E-state index contributed by atoms with van der Waals surface area (Å²) in [6.07, 6.45) is 6.92. The van der Waals surface area contributed by atoms with E-state index < -0.39 is 17.5 Å². The van der Waals surface area contributed by atoms with Crippen molar-refractivity contribution in [3.8, 4) is 0 Å². The fourth-order valence-electron chi connectivity index (χ4n) is 2.79. The molecule has 0 saturated heterocycles. The quantitative estimate of drug-likeness (QED) is 0.345. The molecule has 0 bridgehead atoms. The van der Waals surface area contributed by atoms with Crippen LogP contribution in [0.3, 0.4) is 0 Å². The van der Waals surface area contributed by atoms with Gasteiger partial charge in [0.25, 0.3) is 0 Å². The molecule has 0 radical (unpaired) electrons. The van der Waals surface area contributed by atoms with E-state index in [2.05, 4.69) is 6.92 Å². The van der Waals surface area contributed by atoms with E-state index in [-0.39, 0.29) is 11.1 Å². The van der Waals surface area contributed by atoms with Gasteiger partial charge in [0.15, 0.2) is 11.7 Å². The van der Waals surface area contributed by atoms with Crippen molar-refractivity contribution < 1.29 is 13.2 Å². The highest BCUT2D eigenvalue weighted by Crippen LogP contribution is 2.30. The average molecular weight is 346 g/mol. The van der Waals surface area contributed by atoms with Crippen molar-refractivity contribution in [2.24, 2.45) is 0 Å². The zero-order chi connectivity index (χ0) is 18.2. The molecular formula is C22H25F3. The third kappa shape index (κ3) is 5.48. The fraction of sp³-hybridized carbons (Fsp3) is 0.364. The van der Waals surface area contributed by atoms with Gasteiger partial charge in [0.1, 0.15) is 5.82 Å². The van der Waals surface area contributed by atoms with Crippen molar-refractivity contribution in [2.75, 3.05) is 0 Å². The van der Waals surface area contributed by atoms with Crippen molar-refractivity contribution in [3.05, 3.63) is 70.5 Å². The summed E-state index contributed by atoms with van der Waals surface area (Å²) in [4.78, 5) is 0. The topological polar surface area (TPSA) is 0 Å². The molecule has 0 fully saturated rings. The molecule has 0 unspecified atom stereocenters. The van der Waals surface area contributed by atoms with E-state index >= 15 is 0 Å². The van der Waals surface area contributed by atoms with Crippen LogP contribution in [0, 0.1) is 12.7 Å². The first-order valence-electron chi connectivity index (χ1n) is 8.94. The van der Waals surface area contributed by atoms with Crippen LogP contribution >= 0.6 is 0 Å². The van der Waals surface area contributed by atoms with Crippen LogP contribution in [0.1, 0.15) is 61.3 Å². The van der Waals surface area contributed by atoms with Crippen LogP contribution in [0.5, 0.6) is 0 Å². The first-order valence-corrected chi connectivity index (χ1v) is 8.94. The second-order valence-corrected chi connectivity index (χ2v) is 6.47. The predicted octanol–water partition coefficient (Wildman–Crippen LogP) is 7.41. The first-order chi connectivity index (χ1) is 12.0. The number of rotatable bonds is 8. The van der Waals surface area contributed by atoms with Gasteiger partial charge in [-0.05, 0) is 43.0 Å². The van der Waals surface area contributed by atoms with E-state index in [1.54, 1.807) is 25.1 Å². The van der Waals surface area contributed by atoms with Crippen LogP contribution in [-0.2, 0) is 6.42 Å². The lowest BCUT2D eigenvalue weighted by molar-refractivity contribution is 0.610. The average Bonchev–Trinajstić information content (AvgIpc) is 2.61. The van der Waals surface area contributed by atoms with Gasteiger partial charge in [-0.3, -0.25) is 0 Å². The molecule has 0 spiro atoms. The summed E-state index contributed by atoms with van der Waals surface area (Å²) in [5, 5.41) is 0. The van der Waals surface area contributed by atoms with Gasteiger partial charge in [0.05, 0.1) is 0 Å². The van der Waals surface area contributed by atoms with Crippen molar-refractivity contribution in [2.45, 2.75) is 52.4 Å². The van der Waals surface area contributed by atoms with Crippen molar-refractivity contribution in [1.82, 2.24) is 0 Å². The number of aryl methyl sites for hydroxylation is 2. The summed E-state index contributed by atoms with van der Waals surface area (Å²) in [6, 6.07) is 10.8. The maximum Gasteiger partial charge on any atom is 0.169 e. The molecule has 25 heavy (non-hydrogen) atoms. The lowest BCUT2D eigenvalue weighted by atomic mass is 10.0. The summed E-state index contributed by atoms with van der Waals surface area (Å²) < 4.78 is 42.5. The number of benzene rings is 2. The Morgan fingerprint density at radius 1 is 0.840 bits per heavy atom. The Bertz CT molecular complexity index is 715. The van der Waals surface area contributed by atoms with Crippen LogP contribution in [0.15, 0.2) is 42.5 Å². The molecule has 2 aromatic rings. The summed E-state index contributed by atoms with van der Waals surface area (Å²) in [5.41, 5.74) is 1.56. The molecule has 0 aromatic heterocycles. The SMILES string of the molecule is CCCCCCCc1ccc(/C(F)=C(\F)c2ccc(C)cc2F)cc1. The van der Waals surface area contributed by atoms with E-state index in [1.165, 1.54) is 37.8 Å². The Balaban J connectivity index is 2.07. The monoisotopic (exact) mass is 346 g/mol. The molecule has 3 heteroatoms. The molecule has 0 aliphatic rings. The largest absolute Gasteiger partial charge is 0.206 e. The van der Waals surface area contributed by atoms with Crippen LogP contribution in [0.2, 0.25) is 0 Å². The van der Waals surface area contributed by atoms with E-state index in [4.69, 9.17) is 0 Å². The molecule has 0 heterocycles.